The lowest BCUT2D eigenvalue weighted by Crippen LogP contribution is -2.37. The van der Waals surface area contributed by atoms with Crippen LogP contribution in [-0.4, -0.2) is 61.9 Å². The summed E-state index contributed by atoms with van der Waals surface area (Å²) >= 11 is 0. The van der Waals surface area contributed by atoms with Gasteiger partial charge in [0, 0.05) is 37.9 Å². The molecule has 1 aliphatic heterocycles. The van der Waals surface area contributed by atoms with Crippen molar-refractivity contribution in [1.82, 2.24) is 15.3 Å². The highest BCUT2D eigenvalue weighted by Gasteiger charge is 2.17. The van der Waals surface area contributed by atoms with Gasteiger partial charge in [-0.05, 0) is 30.7 Å². The fraction of sp³-hybridized carbons (Fsp3) is 0.375. The van der Waals surface area contributed by atoms with E-state index >= 15 is 0 Å². The molecule has 2 aromatic carbocycles. The number of ether oxygens (including phenoxy) is 2. The lowest BCUT2D eigenvalue weighted by molar-refractivity contribution is 0.0953. The van der Waals surface area contributed by atoms with Crippen LogP contribution >= 0.6 is 0 Å². The molecule has 0 saturated carbocycles. The van der Waals surface area contributed by atoms with Gasteiger partial charge in [0.1, 0.15) is 11.6 Å². The van der Waals surface area contributed by atoms with E-state index in [0.717, 1.165) is 35.4 Å². The van der Waals surface area contributed by atoms with Gasteiger partial charge in [0.25, 0.3) is 5.91 Å². The van der Waals surface area contributed by atoms with Crippen molar-refractivity contribution in [3.63, 3.8) is 0 Å². The number of fused-ring (bicyclic) bond motifs is 1. The van der Waals surface area contributed by atoms with Crippen molar-refractivity contribution in [3.8, 4) is 5.75 Å². The lowest BCUT2D eigenvalue weighted by Gasteiger charge is -2.28. The summed E-state index contributed by atoms with van der Waals surface area (Å²) in [6.07, 6.45) is 0. The molecular formula is C24H29N5O3. The van der Waals surface area contributed by atoms with Crippen LogP contribution in [0, 0.1) is 6.92 Å². The van der Waals surface area contributed by atoms with Crippen LogP contribution in [0.3, 0.4) is 0 Å². The first-order valence-corrected chi connectivity index (χ1v) is 11.0. The van der Waals surface area contributed by atoms with Crippen molar-refractivity contribution in [1.29, 1.82) is 0 Å². The zero-order valence-electron chi connectivity index (χ0n) is 18.6. The van der Waals surface area contributed by atoms with Gasteiger partial charge in [-0.15, -0.1) is 0 Å². The number of carbonyl (C=O) groups is 1. The zero-order valence-corrected chi connectivity index (χ0v) is 18.6. The summed E-state index contributed by atoms with van der Waals surface area (Å²) in [6, 6.07) is 13.6. The van der Waals surface area contributed by atoms with Crippen molar-refractivity contribution in [2.45, 2.75) is 13.8 Å². The zero-order chi connectivity index (χ0) is 22.3. The summed E-state index contributed by atoms with van der Waals surface area (Å²) in [5.74, 6) is 1.88. The number of aromatic nitrogens is 2. The smallest absolute Gasteiger partial charge is 0.255 e. The Morgan fingerprint density at radius 2 is 1.94 bits per heavy atom. The van der Waals surface area contributed by atoms with E-state index in [1.165, 1.54) is 0 Å². The van der Waals surface area contributed by atoms with E-state index in [-0.39, 0.29) is 5.91 Å². The van der Waals surface area contributed by atoms with Gasteiger partial charge in [0.15, 0.2) is 0 Å². The maximum atomic E-state index is 13.0. The van der Waals surface area contributed by atoms with E-state index < -0.39 is 0 Å². The van der Waals surface area contributed by atoms with E-state index in [0.29, 0.717) is 50.2 Å². The van der Waals surface area contributed by atoms with E-state index in [1.54, 1.807) is 0 Å². The number of hydrogen-bond donors (Lipinski definition) is 2. The van der Waals surface area contributed by atoms with Crippen LogP contribution in [0.25, 0.3) is 10.8 Å². The highest BCUT2D eigenvalue weighted by molar-refractivity contribution is 6.09. The number of aryl methyl sites for hydroxylation is 1. The minimum Gasteiger partial charge on any atom is -0.493 e. The van der Waals surface area contributed by atoms with Crippen molar-refractivity contribution >= 4 is 28.4 Å². The SMILES string of the molecule is CCOc1ccc2ccccc2c1C(=O)NCCNc1nc(C)cc(N2CCOCC2)n1. The first-order chi connectivity index (χ1) is 15.7. The molecule has 8 nitrogen and oxygen atoms in total. The molecule has 0 radical (unpaired) electrons. The fourth-order valence-corrected chi connectivity index (χ4v) is 3.79. The average Bonchev–Trinajstić information content (AvgIpc) is 2.82. The Morgan fingerprint density at radius 1 is 1.12 bits per heavy atom. The molecule has 1 amide bonds. The van der Waals surface area contributed by atoms with Gasteiger partial charge >= 0.3 is 0 Å². The summed E-state index contributed by atoms with van der Waals surface area (Å²) in [5, 5.41) is 8.09. The van der Waals surface area contributed by atoms with Crippen LogP contribution in [0.2, 0.25) is 0 Å². The molecule has 0 bridgehead atoms. The third-order valence-electron chi connectivity index (χ3n) is 5.29. The second-order valence-corrected chi connectivity index (χ2v) is 7.57. The number of rotatable bonds is 8. The Labute approximate surface area is 188 Å². The number of anilines is 2. The molecule has 2 heterocycles. The van der Waals surface area contributed by atoms with Crippen LogP contribution in [0.5, 0.6) is 5.75 Å². The van der Waals surface area contributed by atoms with Gasteiger partial charge in [-0.3, -0.25) is 4.79 Å². The predicted octanol–water partition coefficient (Wildman–Crippen LogP) is 3.02. The third-order valence-corrected chi connectivity index (χ3v) is 5.29. The van der Waals surface area contributed by atoms with Gasteiger partial charge in [-0.25, -0.2) is 4.98 Å². The van der Waals surface area contributed by atoms with Crippen molar-refractivity contribution < 1.29 is 14.3 Å². The molecule has 32 heavy (non-hydrogen) atoms. The second kappa shape index (κ2) is 10.3. The van der Waals surface area contributed by atoms with Crippen LogP contribution in [0.1, 0.15) is 23.0 Å². The number of nitrogens with one attached hydrogen (secondary N) is 2. The van der Waals surface area contributed by atoms with Gasteiger partial charge in [0.05, 0.1) is 25.4 Å². The Balaban J connectivity index is 1.40. The minimum atomic E-state index is -0.161. The molecule has 1 fully saturated rings. The average molecular weight is 436 g/mol. The van der Waals surface area contributed by atoms with Gasteiger partial charge in [-0.1, -0.05) is 30.3 Å². The molecule has 1 aromatic heterocycles. The van der Waals surface area contributed by atoms with Crippen LogP contribution in [-0.2, 0) is 4.74 Å². The van der Waals surface area contributed by atoms with Gasteiger partial charge in [-0.2, -0.15) is 4.98 Å². The predicted molar refractivity (Wildman–Crippen MR) is 126 cm³/mol. The number of carbonyl (C=O) groups excluding carboxylic acids is 1. The second-order valence-electron chi connectivity index (χ2n) is 7.57. The van der Waals surface area contributed by atoms with E-state index in [4.69, 9.17) is 9.47 Å². The number of benzene rings is 2. The number of nitrogens with zero attached hydrogens (tertiary/aromatic N) is 3. The molecule has 1 aliphatic rings. The molecule has 1 saturated heterocycles. The molecule has 2 N–H and O–H groups in total. The van der Waals surface area contributed by atoms with Crippen molar-refractivity contribution in [2.24, 2.45) is 0 Å². The maximum Gasteiger partial charge on any atom is 0.255 e. The largest absolute Gasteiger partial charge is 0.493 e. The number of morpholine rings is 1. The van der Waals surface area contributed by atoms with Crippen molar-refractivity contribution in [3.05, 3.63) is 53.7 Å². The first kappa shape index (κ1) is 21.8. The Hall–Kier alpha value is -3.39. The maximum absolute atomic E-state index is 13.0. The van der Waals surface area contributed by atoms with Crippen LogP contribution < -0.4 is 20.3 Å². The molecule has 0 spiro atoms. The summed E-state index contributed by atoms with van der Waals surface area (Å²) in [4.78, 5) is 24.3. The van der Waals surface area contributed by atoms with Crippen LogP contribution in [0.15, 0.2) is 42.5 Å². The van der Waals surface area contributed by atoms with Crippen molar-refractivity contribution in [2.75, 3.05) is 56.2 Å². The summed E-state index contributed by atoms with van der Waals surface area (Å²) in [5.41, 5.74) is 1.46. The number of amides is 1. The summed E-state index contributed by atoms with van der Waals surface area (Å²) in [6.45, 7) is 8.34. The van der Waals surface area contributed by atoms with E-state index in [2.05, 4.69) is 25.5 Å². The first-order valence-electron chi connectivity index (χ1n) is 11.0. The monoisotopic (exact) mass is 435 g/mol. The van der Waals surface area contributed by atoms with E-state index in [9.17, 15) is 4.79 Å². The molecule has 4 rings (SSSR count). The standard InChI is InChI=1S/C24H29N5O3/c1-3-32-20-9-8-18-6-4-5-7-19(18)22(20)23(30)25-10-11-26-24-27-17(2)16-21(28-24)29-12-14-31-15-13-29/h4-9,16H,3,10-15H2,1-2H3,(H,25,30)(H,26,27,28). The molecule has 0 atom stereocenters. The Bertz CT molecular complexity index is 1080. The molecule has 168 valence electrons. The lowest BCUT2D eigenvalue weighted by atomic mass is 10.0. The Kier molecular flexibility index (Phi) is 7.01. The topological polar surface area (TPSA) is 88.6 Å². The van der Waals surface area contributed by atoms with Gasteiger partial charge < -0.3 is 25.0 Å². The molecular weight excluding hydrogens is 406 g/mol. The normalized spacial score (nSPS) is 13.8. The summed E-state index contributed by atoms with van der Waals surface area (Å²) < 4.78 is 11.1. The molecule has 3 aromatic rings. The number of hydrogen-bond acceptors (Lipinski definition) is 7. The Morgan fingerprint density at radius 3 is 2.75 bits per heavy atom. The quantitative estimate of drug-likeness (QED) is 0.526. The summed E-state index contributed by atoms with van der Waals surface area (Å²) in [7, 11) is 0. The molecule has 8 heteroatoms. The van der Waals surface area contributed by atoms with Gasteiger partial charge in [0.2, 0.25) is 5.95 Å². The van der Waals surface area contributed by atoms with Crippen LogP contribution in [0.4, 0.5) is 11.8 Å². The molecule has 0 aliphatic carbocycles. The highest BCUT2D eigenvalue weighted by atomic mass is 16.5. The van der Waals surface area contributed by atoms with E-state index in [1.807, 2.05) is 56.3 Å². The highest BCUT2D eigenvalue weighted by Crippen LogP contribution is 2.28. The molecule has 0 unspecified atom stereocenters. The minimum absolute atomic E-state index is 0.161. The fourth-order valence-electron chi connectivity index (χ4n) is 3.79. The third kappa shape index (κ3) is 5.08.